The number of hydrogen-bond donors (Lipinski definition) is 4. The fourth-order valence-electron chi connectivity index (χ4n) is 2.77. The van der Waals surface area contributed by atoms with Crippen LogP contribution in [0.15, 0.2) is 54.6 Å². The van der Waals surface area contributed by atoms with Crippen molar-refractivity contribution in [1.29, 1.82) is 0 Å². The first-order chi connectivity index (χ1) is 13.8. The second kappa shape index (κ2) is 10.1. The van der Waals surface area contributed by atoms with E-state index in [1.54, 1.807) is 50.2 Å². The van der Waals surface area contributed by atoms with Crippen LogP contribution in [-0.2, 0) is 9.59 Å². The van der Waals surface area contributed by atoms with Gasteiger partial charge in [0.2, 0.25) is 5.91 Å². The van der Waals surface area contributed by atoms with E-state index >= 15 is 0 Å². The van der Waals surface area contributed by atoms with Gasteiger partial charge in [-0.3, -0.25) is 4.79 Å². The van der Waals surface area contributed by atoms with Gasteiger partial charge in [0.25, 0.3) is 0 Å². The Morgan fingerprint density at radius 2 is 1.66 bits per heavy atom. The lowest BCUT2D eigenvalue weighted by molar-refractivity contribution is -0.143. The second-order valence-corrected chi connectivity index (χ2v) is 6.88. The quantitative estimate of drug-likeness (QED) is 0.515. The highest BCUT2D eigenvalue weighted by Gasteiger charge is 2.25. The van der Waals surface area contributed by atoms with E-state index in [4.69, 9.17) is 10.5 Å². The van der Waals surface area contributed by atoms with Gasteiger partial charge in [0.1, 0.15) is 17.5 Å². The predicted octanol–water partition coefficient (Wildman–Crippen LogP) is 2.80. The molecule has 5 N–H and O–H groups in total. The van der Waals surface area contributed by atoms with Gasteiger partial charge < -0.3 is 26.2 Å². The van der Waals surface area contributed by atoms with Crippen LogP contribution in [0.3, 0.4) is 0 Å². The summed E-state index contributed by atoms with van der Waals surface area (Å²) in [6.07, 6.45) is -0.172. The second-order valence-electron chi connectivity index (χ2n) is 6.88. The van der Waals surface area contributed by atoms with Gasteiger partial charge in [0.05, 0.1) is 12.5 Å². The summed E-state index contributed by atoms with van der Waals surface area (Å²) in [6.45, 7) is 3.39. The van der Waals surface area contributed by atoms with E-state index in [0.29, 0.717) is 17.1 Å². The van der Waals surface area contributed by atoms with Crippen LogP contribution in [0.5, 0.6) is 11.5 Å². The SMILES string of the molecule is CC(C)[C@@H](NC(=O)CC(NC(N)=O)c1cccc(Oc2ccccc2)c1)C(=O)O. The first-order valence-electron chi connectivity index (χ1n) is 9.17. The highest BCUT2D eigenvalue weighted by molar-refractivity contribution is 5.84. The van der Waals surface area contributed by atoms with E-state index < -0.39 is 30.0 Å². The zero-order valence-corrected chi connectivity index (χ0v) is 16.3. The number of hydrogen-bond acceptors (Lipinski definition) is 4. The maximum absolute atomic E-state index is 12.4. The van der Waals surface area contributed by atoms with Crippen LogP contribution in [0.25, 0.3) is 0 Å². The lowest BCUT2D eigenvalue weighted by Gasteiger charge is -2.22. The van der Waals surface area contributed by atoms with E-state index in [1.807, 2.05) is 18.2 Å². The van der Waals surface area contributed by atoms with Crippen molar-refractivity contribution in [3.05, 3.63) is 60.2 Å². The molecule has 0 spiro atoms. The molecule has 8 nitrogen and oxygen atoms in total. The molecule has 0 bridgehead atoms. The van der Waals surface area contributed by atoms with Crippen LogP contribution in [0.1, 0.15) is 31.9 Å². The number of ether oxygens (including phenoxy) is 1. The molecular weight excluding hydrogens is 374 g/mol. The molecule has 0 aliphatic heterocycles. The maximum Gasteiger partial charge on any atom is 0.326 e. The van der Waals surface area contributed by atoms with E-state index in [1.165, 1.54) is 0 Å². The normalized spacial score (nSPS) is 12.7. The first-order valence-corrected chi connectivity index (χ1v) is 9.17. The highest BCUT2D eigenvalue weighted by atomic mass is 16.5. The van der Waals surface area contributed by atoms with E-state index in [0.717, 1.165) is 0 Å². The fourth-order valence-corrected chi connectivity index (χ4v) is 2.77. The fraction of sp³-hybridized carbons (Fsp3) is 0.286. The third kappa shape index (κ3) is 6.84. The number of benzene rings is 2. The molecule has 2 aromatic rings. The Hall–Kier alpha value is -3.55. The van der Waals surface area contributed by atoms with Crippen LogP contribution in [0.4, 0.5) is 4.79 Å². The summed E-state index contributed by atoms with van der Waals surface area (Å²) in [5, 5.41) is 14.3. The van der Waals surface area contributed by atoms with Crippen molar-refractivity contribution in [2.75, 3.05) is 0 Å². The summed E-state index contributed by atoms with van der Waals surface area (Å²) >= 11 is 0. The molecule has 154 valence electrons. The molecule has 29 heavy (non-hydrogen) atoms. The Balaban J connectivity index is 2.17. The number of aliphatic carboxylic acids is 1. The average Bonchev–Trinajstić information content (AvgIpc) is 2.66. The van der Waals surface area contributed by atoms with Gasteiger partial charge in [0.15, 0.2) is 0 Å². The molecule has 1 unspecified atom stereocenters. The zero-order chi connectivity index (χ0) is 21.4. The lowest BCUT2D eigenvalue weighted by Crippen LogP contribution is -2.45. The van der Waals surface area contributed by atoms with Gasteiger partial charge in [-0.15, -0.1) is 0 Å². The Morgan fingerprint density at radius 3 is 2.24 bits per heavy atom. The summed E-state index contributed by atoms with van der Waals surface area (Å²) in [6, 6.07) is 13.5. The maximum atomic E-state index is 12.4. The largest absolute Gasteiger partial charge is 0.480 e. The smallest absolute Gasteiger partial charge is 0.326 e. The van der Waals surface area contributed by atoms with Crippen molar-refractivity contribution < 1.29 is 24.2 Å². The molecule has 2 rings (SSSR count). The molecule has 2 aromatic carbocycles. The molecule has 3 amide bonds. The minimum Gasteiger partial charge on any atom is -0.480 e. The van der Waals surface area contributed by atoms with Gasteiger partial charge in [0, 0.05) is 0 Å². The van der Waals surface area contributed by atoms with Crippen molar-refractivity contribution >= 4 is 17.9 Å². The number of carbonyl (C=O) groups is 3. The summed E-state index contributed by atoms with van der Waals surface area (Å²) in [5.41, 5.74) is 5.86. The number of nitrogens with two attached hydrogens (primary N) is 1. The van der Waals surface area contributed by atoms with Crippen LogP contribution < -0.4 is 21.1 Å². The summed E-state index contributed by atoms with van der Waals surface area (Å²) in [7, 11) is 0. The minimum atomic E-state index is -1.12. The van der Waals surface area contributed by atoms with E-state index in [2.05, 4.69) is 10.6 Å². The average molecular weight is 399 g/mol. The topological polar surface area (TPSA) is 131 Å². The number of amides is 3. The van der Waals surface area contributed by atoms with Crippen molar-refractivity contribution in [3.63, 3.8) is 0 Å². The molecule has 0 radical (unpaired) electrons. The van der Waals surface area contributed by atoms with Crippen LogP contribution in [-0.4, -0.2) is 29.1 Å². The number of carbonyl (C=O) groups excluding carboxylic acids is 2. The molecule has 2 atom stereocenters. The Morgan fingerprint density at radius 1 is 1.00 bits per heavy atom. The van der Waals surface area contributed by atoms with Crippen LogP contribution >= 0.6 is 0 Å². The van der Waals surface area contributed by atoms with Gasteiger partial charge >= 0.3 is 12.0 Å². The number of para-hydroxylation sites is 1. The lowest BCUT2D eigenvalue weighted by atomic mass is 10.0. The number of nitrogens with one attached hydrogen (secondary N) is 2. The number of rotatable bonds is 9. The predicted molar refractivity (Wildman–Crippen MR) is 107 cm³/mol. The van der Waals surface area contributed by atoms with Crippen LogP contribution in [0.2, 0.25) is 0 Å². The summed E-state index contributed by atoms with van der Waals surface area (Å²) < 4.78 is 5.78. The van der Waals surface area contributed by atoms with Crippen molar-refractivity contribution in [2.45, 2.75) is 32.4 Å². The van der Waals surface area contributed by atoms with Crippen molar-refractivity contribution in [1.82, 2.24) is 10.6 Å². The van der Waals surface area contributed by atoms with Gasteiger partial charge in [-0.25, -0.2) is 9.59 Å². The Kier molecular flexibility index (Phi) is 7.59. The molecule has 0 saturated heterocycles. The molecule has 0 heterocycles. The third-order valence-corrected chi connectivity index (χ3v) is 4.19. The molecule has 8 heteroatoms. The standard InChI is InChI=1S/C21H25N3O5/c1-13(2)19(20(26)27)24-18(25)12-17(23-21(22)28)14-7-6-10-16(11-14)29-15-8-4-3-5-9-15/h3-11,13,17,19H,12H2,1-2H3,(H,24,25)(H,26,27)(H3,22,23,28)/t17?,19-/m1/s1. The van der Waals surface area contributed by atoms with Gasteiger partial charge in [-0.2, -0.15) is 0 Å². The summed E-state index contributed by atoms with van der Waals surface area (Å²) in [5.74, 6) is -0.758. The van der Waals surface area contributed by atoms with Gasteiger partial charge in [-0.1, -0.05) is 44.2 Å². The summed E-state index contributed by atoms with van der Waals surface area (Å²) in [4.78, 5) is 35.1. The first kappa shape index (κ1) is 21.7. The van der Waals surface area contributed by atoms with E-state index in [9.17, 15) is 19.5 Å². The van der Waals surface area contributed by atoms with Crippen LogP contribution in [0, 0.1) is 5.92 Å². The molecule has 0 aliphatic carbocycles. The number of carboxylic acids is 1. The molecule has 0 fully saturated rings. The van der Waals surface area contributed by atoms with Gasteiger partial charge in [-0.05, 0) is 35.7 Å². The number of carboxylic acid groups (broad SMARTS) is 1. The number of primary amides is 1. The molecule has 0 aromatic heterocycles. The molecule has 0 saturated carbocycles. The molecule has 0 aliphatic rings. The molecular formula is C21H25N3O5. The zero-order valence-electron chi connectivity index (χ0n) is 16.3. The highest BCUT2D eigenvalue weighted by Crippen LogP contribution is 2.26. The Bertz CT molecular complexity index is 854. The van der Waals surface area contributed by atoms with Crippen molar-refractivity contribution in [3.8, 4) is 11.5 Å². The third-order valence-electron chi connectivity index (χ3n) is 4.19. The van der Waals surface area contributed by atoms with E-state index in [-0.39, 0.29) is 12.3 Å². The monoisotopic (exact) mass is 399 g/mol. The van der Waals surface area contributed by atoms with Crippen molar-refractivity contribution in [2.24, 2.45) is 11.7 Å². The Labute approximate surface area is 169 Å². The number of urea groups is 1. The minimum absolute atomic E-state index is 0.172.